The van der Waals surface area contributed by atoms with Gasteiger partial charge in [0.1, 0.15) is 6.54 Å². The molecule has 1 N–H and O–H groups in total. The van der Waals surface area contributed by atoms with Crippen LogP contribution in [0, 0.1) is 0 Å². The molecule has 0 saturated carbocycles. The molecular formula is C23H17N3O3. The third-order valence-corrected chi connectivity index (χ3v) is 4.49. The van der Waals surface area contributed by atoms with Gasteiger partial charge in [0.2, 0.25) is 5.91 Å². The van der Waals surface area contributed by atoms with Gasteiger partial charge in [0.15, 0.2) is 5.78 Å². The van der Waals surface area contributed by atoms with Gasteiger partial charge in [-0.05, 0) is 24.3 Å². The number of nitrogens with one attached hydrogen (secondary N) is 1. The van der Waals surface area contributed by atoms with E-state index in [1.165, 1.54) is 10.9 Å². The molecule has 142 valence electrons. The molecule has 0 bridgehead atoms. The fraction of sp³-hybridized carbons (Fsp3) is 0.0435. The van der Waals surface area contributed by atoms with Crippen LogP contribution in [0.5, 0.6) is 0 Å². The van der Waals surface area contributed by atoms with Crippen LogP contribution in [0.3, 0.4) is 0 Å². The zero-order valence-electron chi connectivity index (χ0n) is 15.4. The molecule has 0 atom stereocenters. The lowest BCUT2D eigenvalue weighted by Crippen LogP contribution is -2.27. The molecular weight excluding hydrogens is 366 g/mol. The molecule has 0 radical (unpaired) electrons. The molecule has 0 fully saturated rings. The number of hydrogen-bond donors (Lipinski definition) is 1. The molecule has 1 heterocycles. The largest absolute Gasteiger partial charge is 0.325 e. The van der Waals surface area contributed by atoms with Crippen LogP contribution in [0.15, 0.2) is 90.0 Å². The molecule has 0 aliphatic rings. The number of carbonyl (C=O) groups excluding carboxylic acids is 2. The minimum absolute atomic E-state index is 0.128. The standard InChI is InChI=1S/C23H17N3O3/c27-21(14-26-15-24-20-12-5-4-11-19(20)23(26)29)25-18-10-6-9-17(13-18)22(28)16-7-2-1-3-8-16/h1-13,15H,14H2,(H,25,27). The molecule has 3 aromatic carbocycles. The van der Waals surface area contributed by atoms with Crippen molar-refractivity contribution in [3.05, 3.63) is 107 Å². The Balaban J connectivity index is 1.51. The van der Waals surface area contributed by atoms with Crippen LogP contribution in [0.4, 0.5) is 5.69 Å². The van der Waals surface area contributed by atoms with E-state index in [9.17, 15) is 14.4 Å². The topological polar surface area (TPSA) is 81.1 Å². The van der Waals surface area contributed by atoms with Crippen LogP contribution in [0.25, 0.3) is 10.9 Å². The van der Waals surface area contributed by atoms with Gasteiger partial charge in [-0.15, -0.1) is 0 Å². The highest BCUT2D eigenvalue weighted by Crippen LogP contribution is 2.15. The van der Waals surface area contributed by atoms with E-state index in [1.807, 2.05) is 6.07 Å². The van der Waals surface area contributed by atoms with E-state index in [4.69, 9.17) is 0 Å². The maximum atomic E-state index is 12.6. The number of amides is 1. The first-order valence-corrected chi connectivity index (χ1v) is 9.06. The van der Waals surface area contributed by atoms with Crippen molar-refractivity contribution in [1.82, 2.24) is 9.55 Å². The summed E-state index contributed by atoms with van der Waals surface area (Å²) in [6.07, 6.45) is 1.36. The number of benzene rings is 3. The highest BCUT2D eigenvalue weighted by Gasteiger charge is 2.11. The van der Waals surface area contributed by atoms with E-state index in [0.717, 1.165) is 0 Å². The molecule has 0 spiro atoms. The maximum absolute atomic E-state index is 12.6. The number of carbonyl (C=O) groups is 2. The van der Waals surface area contributed by atoms with Gasteiger partial charge in [-0.3, -0.25) is 19.0 Å². The average molecular weight is 383 g/mol. The summed E-state index contributed by atoms with van der Waals surface area (Å²) in [6.45, 7) is -0.173. The number of hydrogen-bond acceptors (Lipinski definition) is 4. The second-order valence-electron chi connectivity index (χ2n) is 6.52. The summed E-state index contributed by atoms with van der Waals surface area (Å²) in [7, 11) is 0. The lowest BCUT2D eigenvalue weighted by Gasteiger charge is -2.09. The molecule has 29 heavy (non-hydrogen) atoms. The van der Waals surface area contributed by atoms with E-state index in [1.54, 1.807) is 72.8 Å². The van der Waals surface area contributed by atoms with Gasteiger partial charge >= 0.3 is 0 Å². The summed E-state index contributed by atoms with van der Waals surface area (Å²) in [6, 6.07) is 22.6. The Morgan fingerprint density at radius 1 is 0.862 bits per heavy atom. The third kappa shape index (κ3) is 3.96. The molecule has 0 aliphatic heterocycles. The van der Waals surface area contributed by atoms with Crippen LogP contribution < -0.4 is 10.9 Å². The van der Waals surface area contributed by atoms with Crippen LogP contribution in [-0.2, 0) is 11.3 Å². The minimum atomic E-state index is -0.381. The minimum Gasteiger partial charge on any atom is -0.325 e. The smallest absolute Gasteiger partial charge is 0.261 e. The highest BCUT2D eigenvalue weighted by molar-refractivity contribution is 6.09. The van der Waals surface area contributed by atoms with Crippen molar-refractivity contribution in [2.45, 2.75) is 6.54 Å². The Morgan fingerprint density at radius 3 is 2.41 bits per heavy atom. The Kier molecular flexibility index (Phi) is 4.99. The normalized spacial score (nSPS) is 10.6. The quantitative estimate of drug-likeness (QED) is 0.537. The molecule has 1 amide bonds. The Hall–Kier alpha value is -4.06. The van der Waals surface area contributed by atoms with Crippen molar-refractivity contribution in [3.63, 3.8) is 0 Å². The molecule has 0 saturated heterocycles. The average Bonchev–Trinajstić information content (AvgIpc) is 2.76. The Labute approximate surface area is 166 Å². The van der Waals surface area contributed by atoms with Crippen molar-refractivity contribution in [1.29, 1.82) is 0 Å². The van der Waals surface area contributed by atoms with E-state index < -0.39 is 0 Å². The van der Waals surface area contributed by atoms with Gasteiger partial charge in [0, 0.05) is 16.8 Å². The second kappa shape index (κ2) is 7.90. The molecule has 1 aromatic heterocycles. The van der Waals surface area contributed by atoms with Crippen LogP contribution in [-0.4, -0.2) is 21.2 Å². The summed E-state index contributed by atoms with van der Waals surface area (Å²) in [5, 5.41) is 3.19. The highest BCUT2D eigenvalue weighted by atomic mass is 16.2. The van der Waals surface area contributed by atoms with Crippen molar-refractivity contribution < 1.29 is 9.59 Å². The number of anilines is 1. The zero-order valence-corrected chi connectivity index (χ0v) is 15.4. The Bertz CT molecular complexity index is 1260. The van der Waals surface area contributed by atoms with Gasteiger partial charge in [-0.2, -0.15) is 0 Å². The molecule has 4 aromatic rings. The SMILES string of the molecule is O=C(Cn1cnc2ccccc2c1=O)Nc1cccc(C(=O)c2ccccc2)c1. The van der Waals surface area contributed by atoms with Crippen LogP contribution in [0.1, 0.15) is 15.9 Å². The number of fused-ring (bicyclic) bond motifs is 1. The van der Waals surface area contributed by atoms with Crippen molar-refractivity contribution >= 4 is 28.3 Å². The number of aromatic nitrogens is 2. The molecule has 6 nitrogen and oxygen atoms in total. The van der Waals surface area contributed by atoms with Crippen molar-refractivity contribution in [3.8, 4) is 0 Å². The van der Waals surface area contributed by atoms with E-state index in [0.29, 0.717) is 27.7 Å². The fourth-order valence-electron chi connectivity index (χ4n) is 3.07. The summed E-state index contributed by atoms with van der Waals surface area (Å²) >= 11 is 0. The summed E-state index contributed by atoms with van der Waals surface area (Å²) in [4.78, 5) is 41.7. The molecule has 6 heteroatoms. The number of rotatable bonds is 5. The molecule has 0 unspecified atom stereocenters. The van der Waals surface area contributed by atoms with E-state index in [-0.39, 0.29) is 23.8 Å². The molecule has 4 rings (SSSR count). The predicted octanol–water partition coefficient (Wildman–Crippen LogP) is 3.27. The lowest BCUT2D eigenvalue weighted by molar-refractivity contribution is -0.116. The van der Waals surface area contributed by atoms with Gasteiger partial charge in [-0.25, -0.2) is 4.98 Å². The third-order valence-electron chi connectivity index (χ3n) is 4.49. The van der Waals surface area contributed by atoms with E-state index in [2.05, 4.69) is 10.3 Å². The summed E-state index contributed by atoms with van der Waals surface area (Å²) in [5.41, 5.74) is 1.84. The maximum Gasteiger partial charge on any atom is 0.261 e. The van der Waals surface area contributed by atoms with Crippen LogP contribution in [0.2, 0.25) is 0 Å². The van der Waals surface area contributed by atoms with Crippen molar-refractivity contribution in [2.24, 2.45) is 0 Å². The zero-order chi connectivity index (χ0) is 20.2. The first kappa shape index (κ1) is 18.3. The van der Waals surface area contributed by atoms with E-state index >= 15 is 0 Å². The first-order chi connectivity index (χ1) is 14.1. The number of nitrogens with zero attached hydrogens (tertiary/aromatic N) is 2. The summed E-state index contributed by atoms with van der Waals surface area (Å²) in [5.74, 6) is -0.509. The number of ketones is 1. The Morgan fingerprint density at radius 2 is 1.59 bits per heavy atom. The summed E-state index contributed by atoms with van der Waals surface area (Å²) < 4.78 is 1.26. The van der Waals surface area contributed by atoms with Gasteiger partial charge in [0.05, 0.1) is 17.2 Å². The number of para-hydroxylation sites is 1. The lowest BCUT2D eigenvalue weighted by atomic mass is 10.0. The van der Waals surface area contributed by atoms with Gasteiger partial charge < -0.3 is 5.32 Å². The predicted molar refractivity (Wildman–Crippen MR) is 111 cm³/mol. The van der Waals surface area contributed by atoms with Gasteiger partial charge in [-0.1, -0.05) is 54.6 Å². The second-order valence-corrected chi connectivity index (χ2v) is 6.52. The fourth-order valence-corrected chi connectivity index (χ4v) is 3.07. The molecule has 0 aliphatic carbocycles. The monoisotopic (exact) mass is 383 g/mol. The van der Waals surface area contributed by atoms with Crippen LogP contribution >= 0.6 is 0 Å². The first-order valence-electron chi connectivity index (χ1n) is 9.06. The van der Waals surface area contributed by atoms with Crippen molar-refractivity contribution in [2.75, 3.05) is 5.32 Å². The van der Waals surface area contributed by atoms with Gasteiger partial charge in [0.25, 0.3) is 5.56 Å².